The number of fused-ring (bicyclic) bond motifs is 3. The third kappa shape index (κ3) is 2.47. The van der Waals surface area contributed by atoms with Crippen LogP contribution in [0.1, 0.15) is 6.92 Å². The molecule has 2 aromatic heterocycles. The van der Waals surface area contributed by atoms with Gasteiger partial charge in [0.15, 0.2) is 0 Å². The van der Waals surface area contributed by atoms with Crippen LogP contribution in [-0.2, 0) is 4.79 Å². The Hall–Kier alpha value is -2.72. The van der Waals surface area contributed by atoms with Gasteiger partial charge in [-0.2, -0.15) is 0 Å². The number of amides is 1. The number of carbonyl (C=O) groups is 1. The van der Waals surface area contributed by atoms with E-state index in [1.54, 1.807) is 17.5 Å². The summed E-state index contributed by atoms with van der Waals surface area (Å²) in [5.74, 6) is -0.0915. The van der Waals surface area contributed by atoms with Crippen LogP contribution < -0.4 is 5.32 Å². The second-order valence-electron chi connectivity index (χ2n) is 5.39. The van der Waals surface area contributed by atoms with Gasteiger partial charge < -0.3 is 5.32 Å². The first-order chi connectivity index (χ1) is 11.2. The molecule has 0 unspecified atom stereocenters. The third-order valence-electron chi connectivity index (χ3n) is 3.76. The molecule has 0 bridgehead atoms. The van der Waals surface area contributed by atoms with E-state index in [0.29, 0.717) is 5.69 Å². The van der Waals surface area contributed by atoms with Gasteiger partial charge >= 0.3 is 0 Å². The van der Waals surface area contributed by atoms with E-state index in [2.05, 4.69) is 52.8 Å². The number of aromatic nitrogens is 1. The van der Waals surface area contributed by atoms with Crippen molar-refractivity contribution in [3.8, 4) is 11.3 Å². The van der Waals surface area contributed by atoms with Crippen LogP contribution >= 0.6 is 11.3 Å². The minimum absolute atomic E-state index is 0.0915. The number of benzene rings is 2. The molecule has 0 saturated carbocycles. The lowest BCUT2D eigenvalue weighted by molar-refractivity contribution is -0.114. The Morgan fingerprint density at radius 3 is 2.61 bits per heavy atom. The zero-order valence-electron chi connectivity index (χ0n) is 12.5. The monoisotopic (exact) mass is 318 g/mol. The van der Waals surface area contributed by atoms with Gasteiger partial charge in [-0.15, -0.1) is 11.3 Å². The molecule has 2 heterocycles. The average Bonchev–Trinajstić information content (AvgIpc) is 2.94. The molecule has 0 aliphatic rings. The Kier molecular flexibility index (Phi) is 3.32. The molecule has 0 aliphatic carbocycles. The maximum Gasteiger partial charge on any atom is 0.221 e. The lowest BCUT2D eigenvalue weighted by atomic mass is 10.1. The van der Waals surface area contributed by atoms with Gasteiger partial charge in [0.05, 0.1) is 17.6 Å². The van der Waals surface area contributed by atoms with Crippen molar-refractivity contribution in [3.63, 3.8) is 0 Å². The van der Waals surface area contributed by atoms with Crippen LogP contribution in [0.15, 0.2) is 60.8 Å². The lowest BCUT2D eigenvalue weighted by Gasteiger charge is -2.05. The van der Waals surface area contributed by atoms with Crippen molar-refractivity contribution >= 4 is 43.1 Å². The summed E-state index contributed by atoms with van der Waals surface area (Å²) in [6, 6.07) is 18.6. The zero-order valence-corrected chi connectivity index (χ0v) is 13.4. The largest absolute Gasteiger partial charge is 0.325 e. The fraction of sp³-hybridized carbons (Fsp3) is 0.0526. The normalized spacial score (nSPS) is 11.0. The molecule has 1 N–H and O–H groups in total. The summed E-state index contributed by atoms with van der Waals surface area (Å²) in [5.41, 5.74) is 2.75. The smallest absolute Gasteiger partial charge is 0.221 e. The molecule has 3 nitrogen and oxygen atoms in total. The van der Waals surface area contributed by atoms with Crippen molar-refractivity contribution in [1.29, 1.82) is 0 Å². The quantitative estimate of drug-likeness (QED) is 0.560. The van der Waals surface area contributed by atoms with Crippen LogP contribution in [-0.4, -0.2) is 10.9 Å². The fourth-order valence-electron chi connectivity index (χ4n) is 2.78. The predicted octanol–water partition coefficient (Wildman–Crippen LogP) is 5.07. The minimum Gasteiger partial charge on any atom is -0.325 e. The van der Waals surface area contributed by atoms with Crippen LogP contribution in [0.2, 0.25) is 0 Å². The molecular weight excluding hydrogens is 304 g/mol. The Balaban J connectivity index is 1.86. The molecule has 23 heavy (non-hydrogen) atoms. The Bertz CT molecular complexity index is 1020. The number of hydrogen-bond acceptors (Lipinski definition) is 3. The van der Waals surface area contributed by atoms with Crippen LogP contribution in [0.5, 0.6) is 0 Å². The van der Waals surface area contributed by atoms with Gasteiger partial charge in [-0.3, -0.25) is 9.78 Å². The SMILES string of the molecule is CC(=O)Nc1ccc(-c2cccc3c2sc2ccccc23)nc1. The Labute approximate surface area is 137 Å². The summed E-state index contributed by atoms with van der Waals surface area (Å²) in [4.78, 5) is 15.6. The van der Waals surface area contributed by atoms with Crippen molar-refractivity contribution in [2.45, 2.75) is 6.92 Å². The summed E-state index contributed by atoms with van der Waals surface area (Å²) in [5, 5.41) is 5.29. The molecule has 0 spiro atoms. The van der Waals surface area contributed by atoms with E-state index in [-0.39, 0.29) is 5.91 Å². The van der Waals surface area contributed by atoms with Crippen LogP contribution in [0.25, 0.3) is 31.4 Å². The van der Waals surface area contributed by atoms with E-state index >= 15 is 0 Å². The molecule has 0 atom stereocenters. The summed E-state index contributed by atoms with van der Waals surface area (Å²) in [6.07, 6.45) is 1.70. The van der Waals surface area contributed by atoms with E-state index in [1.165, 1.54) is 27.1 Å². The number of rotatable bonds is 2. The number of thiophene rings is 1. The molecule has 0 saturated heterocycles. The first-order valence-corrected chi connectivity index (χ1v) is 8.18. The molecule has 112 valence electrons. The van der Waals surface area contributed by atoms with Gasteiger partial charge in [-0.25, -0.2) is 0 Å². The molecule has 4 heteroatoms. The van der Waals surface area contributed by atoms with Gasteiger partial charge in [0.2, 0.25) is 5.91 Å². The summed E-state index contributed by atoms with van der Waals surface area (Å²) in [7, 11) is 0. The number of nitrogens with zero attached hydrogens (tertiary/aromatic N) is 1. The Morgan fingerprint density at radius 1 is 1.00 bits per heavy atom. The van der Waals surface area contributed by atoms with Gasteiger partial charge in [-0.05, 0) is 18.2 Å². The molecular formula is C19H14N2OS. The van der Waals surface area contributed by atoms with Gasteiger partial charge in [0, 0.05) is 32.7 Å². The highest BCUT2D eigenvalue weighted by Crippen LogP contribution is 2.39. The van der Waals surface area contributed by atoms with E-state index < -0.39 is 0 Å². The molecule has 0 radical (unpaired) electrons. The van der Waals surface area contributed by atoms with Gasteiger partial charge in [-0.1, -0.05) is 36.4 Å². The summed E-state index contributed by atoms with van der Waals surface area (Å²) >= 11 is 1.79. The van der Waals surface area contributed by atoms with Crippen molar-refractivity contribution in [2.24, 2.45) is 0 Å². The highest BCUT2D eigenvalue weighted by molar-refractivity contribution is 7.26. The van der Waals surface area contributed by atoms with Crippen LogP contribution in [0.3, 0.4) is 0 Å². The fourth-order valence-corrected chi connectivity index (χ4v) is 4.00. The van der Waals surface area contributed by atoms with E-state index in [9.17, 15) is 4.79 Å². The van der Waals surface area contributed by atoms with Crippen molar-refractivity contribution in [3.05, 3.63) is 60.8 Å². The van der Waals surface area contributed by atoms with E-state index in [4.69, 9.17) is 0 Å². The molecule has 4 rings (SSSR count). The maximum atomic E-state index is 11.1. The second-order valence-corrected chi connectivity index (χ2v) is 6.45. The highest BCUT2D eigenvalue weighted by Gasteiger charge is 2.10. The predicted molar refractivity (Wildman–Crippen MR) is 96.9 cm³/mol. The summed E-state index contributed by atoms with van der Waals surface area (Å²) in [6.45, 7) is 1.49. The maximum absolute atomic E-state index is 11.1. The van der Waals surface area contributed by atoms with Gasteiger partial charge in [0.1, 0.15) is 0 Å². The molecule has 2 aromatic carbocycles. The van der Waals surface area contributed by atoms with Crippen molar-refractivity contribution < 1.29 is 4.79 Å². The van der Waals surface area contributed by atoms with Crippen molar-refractivity contribution in [1.82, 2.24) is 4.98 Å². The number of nitrogens with one attached hydrogen (secondary N) is 1. The third-order valence-corrected chi connectivity index (χ3v) is 4.98. The zero-order chi connectivity index (χ0) is 15.8. The standard InChI is InChI=1S/C19H14N2OS/c1-12(22)21-13-9-10-17(20-11-13)16-7-4-6-15-14-5-2-3-8-18(14)23-19(15)16/h2-11H,1H3,(H,21,22). The number of pyridine rings is 1. The number of anilines is 1. The number of carbonyl (C=O) groups excluding carboxylic acids is 1. The van der Waals surface area contributed by atoms with Gasteiger partial charge in [0.25, 0.3) is 0 Å². The highest BCUT2D eigenvalue weighted by atomic mass is 32.1. The lowest BCUT2D eigenvalue weighted by Crippen LogP contribution is -2.05. The first kappa shape index (κ1) is 13.9. The first-order valence-electron chi connectivity index (χ1n) is 7.36. The molecule has 0 aliphatic heterocycles. The second kappa shape index (κ2) is 5.48. The molecule has 0 fully saturated rings. The number of hydrogen-bond donors (Lipinski definition) is 1. The molecule has 1 amide bonds. The Morgan fingerprint density at radius 2 is 1.83 bits per heavy atom. The van der Waals surface area contributed by atoms with E-state index in [0.717, 1.165) is 11.3 Å². The summed E-state index contributed by atoms with van der Waals surface area (Å²) < 4.78 is 2.53. The average molecular weight is 318 g/mol. The molecule has 4 aromatic rings. The van der Waals surface area contributed by atoms with Crippen LogP contribution in [0.4, 0.5) is 5.69 Å². The van der Waals surface area contributed by atoms with E-state index in [1.807, 2.05) is 12.1 Å². The van der Waals surface area contributed by atoms with Crippen molar-refractivity contribution in [2.75, 3.05) is 5.32 Å². The van der Waals surface area contributed by atoms with Crippen LogP contribution in [0, 0.1) is 0 Å². The topological polar surface area (TPSA) is 42.0 Å². The minimum atomic E-state index is -0.0915.